The van der Waals surface area contributed by atoms with Crippen LogP contribution in [0.3, 0.4) is 0 Å². The molecule has 1 aromatic heterocycles. The van der Waals surface area contributed by atoms with Crippen molar-refractivity contribution < 1.29 is 9.84 Å². The predicted molar refractivity (Wildman–Crippen MR) is 81.8 cm³/mol. The van der Waals surface area contributed by atoms with E-state index < -0.39 is 0 Å². The molecule has 0 radical (unpaired) electrons. The van der Waals surface area contributed by atoms with Gasteiger partial charge in [0.2, 0.25) is 11.9 Å². The average molecular weight is 295 g/mol. The molecule has 0 saturated carbocycles. The van der Waals surface area contributed by atoms with E-state index >= 15 is 0 Å². The highest BCUT2D eigenvalue weighted by molar-refractivity contribution is 5.38. The molecule has 118 valence electrons. The number of anilines is 2. The first kappa shape index (κ1) is 15.8. The highest BCUT2D eigenvalue weighted by Gasteiger charge is 2.22. The lowest BCUT2D eigenvalue weighted by Crippen LogP contribution is -2.36. The van der Waals surface area contributed by atoms with Crippen LogP contribution in [-0.2, 0) is 0 Å². The van der Waals surface area contributed by atoms with E-state index in [0.717, 1.165) is 32.5 Å². The van der Waals surface area contributed by atoms with Gasteiger partial charge in [-0.3, -0.25) is 0 Å². The van der Waals surface area contributed by atoms with Crippen LogP contribution in [0.1, 0.15) is 33.6 Å². The first-order valence-corrected chi connectivity index (χ1v) is 7.64. The highest BCUT2D eigenvalue weighted by Crippen LogP contribution is 2.22. The van der Waals surface area contributed by atoms with Crippen LogP contribution in [0.4, 0.5) is 11.9 Å². The van der Waals surface area contributed by atoms with Gasteiger partial charge in [0.1, 0.15) is 0 Å². The van der Waals surface area contributed by atoms with Crippen LogP contribution in [-0.4, -0.2) is 52.4 Å². The fourth-order valence-electron chi connectivity index (χ4n) is 2.30. The summed E-state index contributed by atoms with van der Waals surface area (Å²) in [7, 11) is 0. The van der Waals surface area contributed by atoms with E-state index in [2.05, 4.69) is 25.2 Å². The van der Waals surface area contributed by atoms with Crippen molar-refractivity contribution in [2.24, 2.45) is 5.92 Å². The molecule has 0 aliphatic carbocycles. The van der Waals surface area contributed by atoms with E-state index in [0.29, 0.717) is 23.8 Å². The van der Waals surface area contributed by atoms with Crippen LogP contribution in [0, 0.1) is 5.92 Å². The van der Waals surface area contributed by atoms with Crippen LogP contribution in [0.25, 0.3) is 0 Å². The summed E-state index contributed by atoms with van der Waals surface area (Å²) in [6, 6.07) is 0.357. The molecule has 0 bridgehead atoms. The van der Waals surface area contributed by atoms with Gasteiger partial charge in [0, 0.05) is 26.2 Å². The van der Waals surface area contributed by atoms with Crippen molar-refractivity contribution in [3.8, 4) is 6.01 Å². The SMILES string of the molecule is CCNc1nc(OC(C)C)nc(N2CCC(CO)CC2)n1. The zero-order chi connectivity index (χ0) is 15.2. The van der Waals surface area contributed by atoms with Crippen molar-refractivity contribution in [2.45, 2.75) is 39.7 Å². The van der Waals surface area contributed by atoms with Crippen molar-refractivity contribution in [1.29, 1.82) is 0 Å². The highest BCUT2D eigenvalue weighted by atomic mass is 16.5. The van der Waals surface area contributed by atoms with Gasteiger partial charge in [-0.1, -0.05) is 0 Å². The smallest absolute Gasteiger partial charge is 0.323 e. The Labute approximate surface area is 125 Å². The van der Waals surface area contributed by atoms with E-state index in [4.69, 9.17) is 4.74 Å². The van der Waals surface area contributed by atoms with Gasteiger partial charge in [-0.25, -0.2) is 0 Å². The number of nitrogens with one attached hydrogen (secondary N) is 1. The topological polar surface area (TPSA) is 83.4 Å². The van der Waals surface area contributed by atoms with Gasteiger partial charge < -0.3 is 20.1 Å². The average Bonchev–Trinajstić information content (AvgIpc) is 2.47. The molecule has 2 heterocycles. The van der Waals surface area contributed by atoms with E-state index in [1.54, 1.807) is 0 Å². The van der Waals surface area contributed by atoms with E-state index in [1.807, 2.05) is 20.8 Å². The number of hydrogen-bond donors (Lipinski definition) is 2. The quantitative estimate of drug-likeness (QED) is 0.818. The van der Waals surface area contributed by atoms with Crippen molar-refractivity contribution in [3.63, 3.8) is 0 Å². The normalized spacial score (nSPS) is 16.3. The van der Waals surface area contributed by atoms with Gasteiger partial charge in [-0.15, -0.1) is 0 Å². The lowest BCUT2D eigenvalue weighted by molar-refractivity contribution is 0.201. The Balaban J connectivity index is 2.15. The maximum absolute atomic E-state index is 9.22. The van der Waals surface area contributed by atoms with Gasteiger partial charge >= 0.3 is 6.01 Å². The number of aromatic nitrogens is 3. The van der Waals surface area contributed by atoms with E-state index in [9.17, 15) is 5.11 Å². The monoisotopic (exact) mass is 295 g/mol. The zero-order valence-corrected chi connectivity index (χ0v) is 13.0. The summed E-state index contributed by atoms with van der Waals surface area (Å²) in [5, 5.41) is 12.3. The summed E-state index contributed by atoms with van der Waals surface area (Å²) >= 11 is 0. The second-order valence-corrected chi connectivity index (χ2v) is 5.55. The summed E-state index contributed by atoms with van der Waals surface area (Å²) in [5.74, 6) is 1.58. The Morgan fingerprint density at radius 3 is 2.57 bits per heavy atom. The third-order valence-corrected chi connectivity index (χ3v) is 3.43. The minimum atomic E-state index is 0.0230. The third-order valence-electron chi connectivity index (χ3n) is 3.43. The summed E-state index contributed by atoms with van der Waals surface area (Å²) < 4.78 is 5.61. The fourth-order valence-corrected chi connectivity index (χ4v) is 2.30. The van der Waals surface area contributed by atoms with Crippen molar-refractivity contribution >= 4 is 11.9 Å². The van der Waals surface area contributed by atoms with Crippen molar-refractivity contribution in [1.82, 2.24) is 15.0 Å². The second kappa shape index (κ2) is 7.40. The number of piperidine rings is 1. The largest absolute Gasteiger partial charge is 0.461 e. The molecule has 7 heteroatoms. The molecule has 2 N–H and O–H groups in total. The molecule has 0 amide bonds. The number of ether oxygens (including phenoxy) is 1. The van der Waals surface area contributed by atoms with Gasteiger partial charge in [0.25, 0.3) is 0 Å². The number of hydrogen-bond acceptors (Lipinski definition) is 7. The Morgan fingerprint density at radius 2 is 2.00 bits per heavy atom. The molecule has 7 nitrogen and oxygen atoms in total. The van der Waals surface area contributed by atoms with Crippen LogP contribution in [0.5, 0.6) is 6.01 Å². The molecule has 0 spiro atoms. The van der Waals surface area contributed by atoms with Gasteiger partial charge in [-0.2, -0.15) is 15.0 Å². The summed E-state index contributed by atoms with van der Waals surface area (Å²) in [4.78, 5) is 15.3. The standard InChI is InChI=1S/C14H25N5O2/c1-4-15-12-16-13(18-14(17-12)21-10(2)3)19-7-5-11(9-20)6-8-19/h10-11,20H,4-9H2,1-3H3,(H,15,16,17,18). The molecule has 0 unspecified atom stereocenters. The molecule has 21 heavy (non-hydrogen) atoms. The molecule has 0 aromatic carbocycles. The van der Waals surface area contributed by atoms with Gasteiger partial charge in [-0.05, 0) is 39.5 Å². The molecule has 1 saturated heterocycles. The molecule has 2 rings (SSSR count). The number of nitrogens with zero attached hydrogens (tertiary/aromatic N) is 4. The molecular weight excluding hydrogens is 270 g/mol. The molecule has 1 fully saturated rings. The van der Waals surface area contributed by atoms with Crippen molar-refractivity contribution in [2.75, 3.05) is 36.5 Å². The summed E-state index contributed by atoms with van der Waals surface area (Å²) in [6.45, 7) is 8.60. The van der Waals surface area contributed by atoms with E-state index in [1.165, 1.54) is 0 Å². The van der Waals surface area contributed by atoms with Crippen molar-refractivity contribution in [3.05, 3.63) is 0 Å². The second-order valence-electron chi connectivity index (χ2n) is 5.55. The first-order chi connectivity index (χ1) is 10.1. The number of aliphatic hydroxyl groups excluding tert-OH is 1. The summed E-state index contributed by atoms with van der Waals surface area (Å²) in [6.07, 6.45) is 1.94. The lowest BCUT2D eigenvalue weighted by Gasteiger charge is -2.31. The lowest BCUT2D eigenvalue weighted by atomic mass is 9.98. The molecule has 1 aromatic rings. The minimum absolute atomic E-state index is 0.0230. The van der Waals surface area contributed by atoms with Gasteiger partial charge in [0.15, 0.2) is 0 Å². The maximum Gasteiger partial charge on any atom is 0.323 e. The predicted octanol–water partition coefficient (Wildman–Crippen LogP) is 1.30. The van der Waals surface area contributed by atoms with E-state index in [-0.39, 0.29) is 12.7 Å². The maximum atomic E-state index is 9.22. The molecule has 0 atom stereocenters. The number of rotatable bonds is 6. The summed E-state index contributed by atoms with van der Waals surface area (Å²) in [5.41, 5.74) is 0. The zero-order valence-electron chi connectivity index (χ0n) is 13.0. The van der Waals surface area contributed by atoms with Crippen LogP contribution in [0.2, 0.25) is 0 Å². The Bertz CT molecular complexity index is 447. The van der Waals surface area contributed by atoms with Crippen LogP contribution < -0.4 is 15.0 Å². The third kappa shape index (κ3) is 4.42. The van der Waals surface area contributed by atoms with Gasteiger partial charge in [0.05, 0.1) is 6.10 Å². The van der Waals surface area contributed by atoms with Crippen LogP contribution in [0.15, 0.2) is 0 Å². The Kier molecular flexibility index (Phi) is 5.55. The molecule has 1 aliphatic rings. The fraction of sp³-hybridized carbons (Fsp3) is 0.786. The van der Waals surface area contributed by atoms with Crippen LogP contribution >= 0.6 is 0 Å². The first-order valence-electron chi connectivity index (χ1n) is 7.64. The molecule has 1 aliphatic heterocycles. The Morgan fingerprint density at radius 1 is 1.29 bits per heavy atom. The Hall–Kier alpha value is -1.63. The number of aliphatic hydroxyl groups is 1. The minimum Gasteiger partial charge on any atom is -0.461 e. The molecular formula is C14H25N5O2.